The fourth-order valence-corrected chi connectivity index (χ4v) is 9.63. The third-order valence-electron chi connectivity index (χ3n) is 13.1. The molecule has 7 aromatic rings. The van der Waals surface area contributed by atoms with E-state index in [2.05, 4.69) is 35.1 Å². The Morgan fingerprint density at radius 3 is 1.89 bits per heavy atom. The number of imidazole rings is 2. The maximum Gasteiger partial charge on any atom is 0.416 e. The van der Waals surface area contributed by atoms with Crippen LogP contribution < -0.4 is 34.2 Å². The molecule has 11 heterocycles. The molecule has 2 atom stereocenters. The first kappa shape index (κ1) is 50.5. The average molecular weight is 1010 g/mol. The van der Waals surface area contributed by atoms with E-state index >= 15 is 0 Å². The number of allylic oxidation sites excluding steroid dienone is 1. The Hall–Kier alpha value is -6.91. The van der Waals surface area contributed by atoms with Gasteiger partial charge in [0, 0.05) is 75.2 Å². The van der Waals surface area contributed by atoms with Crippen molar-refractivity contribution in [3.8, 4) is 33.9 Å². The van der Waals surface area contributed by atoms with E-state index in [4.69, 9.17) is 25.3 Å². The summed E-state index contributed by atoms with van der Waals surface area (Å²) < 4.78 is 92.6. The Balaban J connectivity index is 0.000000157. The Bertz CT molecular complexity index is 3010. The van der Waals surface area contributed by atoms with Crippen LogP contribution in [0.5, 0.6) is 0 Å². The first-order valence-electron chi connectivity index (χ1n) is 22.8. The summed E-state index contributed by atoms with van der Waals surface area (Å²) in [4.78, 5) is 40.0. The molecule has 6 aliphatic rings. The molecule has 376 valence electrons. The normalized spacial score (nSPS) is 21.5. The van der Waals surface area contributed by atoms with Gasteiger partial charge in [-0.15, -0.1) is 0 Å². The molecule has 6 fully saturated rings. The zero-order valence-corrected chi connectivity index (χ0v) is 39.4. The predicted octanol–water partition coefficient (Wildman–Crippen LogP) is 2.89. The van der Waals surface area contributed by atoms with Gasteiger partial charge in [0.25, 0.3) is 0 Å². The zero-order valence-electron chi connectivity index (χ0n) is 38.7. The monoisotopic (exact) mass is 1010 g/mol. The van der Waals surface area contributed by atoms with Crippen molar-refractivity contribution >= 4 is 29.4 Å². The first-order chi connectivity index (χ1) is 33.5. The largest absolute Gasteiger partial charge is 1.00 e. The van der Waals surface area contributed by atoms with Gasteiger partial charge in [-0.2, -0.15) is 36.3 Å². The lowest BCUT2D eigenvalue weighted by Gasteiger charge is -2.44. The second-order valence-electron chi connectivity index (χ2n) is 18.0. The molecular weight excluding hydrogens is 956 g/mol. The number of nitrogens with zero attached hydrogens (tertiary/aromatic N) is 9. The van der Waals surface area contributed by atoms with Gasteiger partial charge in [-0.3, -0.25) is 35.0 Å². The third-order valence-corrected chi connectivity index (χ3v) is 13.1. The number of benzene rings is 2. The van der Waals surface area contributed by atoms with Gasteiger partial charge < -0.3 is 36.4 Å². The highest BCUT2D eigenvalue weighted by molar-refractivity contribution is 6.08. The third kappa shape index (κ3) is 11.3. The molecule has 2 aromatic carbocycles. The zero-order chi connectivity index (χ0) is 49.3. The molecule has 6 saturated heterocycles. The molecule has 71 heavy (non-hydrogen) atoms. The molecule has 6 aliphatic heterocycles. The molecule has 0 amide bonds. The molecule has 16 nitrogen and oxygen atoms in total. The van der Waals surface area contributed by atoms with Crippen molar-refractivity contribution < 1.29 is 57.4 Å². The van der Waals surface area contributed by atoms with Gasteiger partial charge in [-0.25, -0.2) is 9.97 Å². The molecule has 0 spiro atoms. The fourth-order valence-electron chi connectivity index (χ4n) is 9.63. The molecule has 13 rings (SSSR count). The minimum Gasteiger partial charge on any atom is -1.00 e. The Kier molecular flexibility index (Phi) is 14.8. The van der Waals surface area contributed by atoms with Crippen molar-refractivity contribution in [1.29, 1.82) is 0 Å². The number of aromatic nitrogens is 6. The summed E-state index contributed by atoms with van der Waals surface area (Å²) in [6.07, 6.45) is 6.53. The van der Waals surface area contributed by atoms with Gasteiger partial charge in [0.15, 0.2) is 0 Å². The van der Waals surface area contributed by atoms with Crippen molar-refractivity contribution in [1.82, 2.24) is 43.4 Å². The average Bonchev–Trinajstić information content (AvgIpc) is 4.14. The van der Waals surface area contributed by atoms with E-state index in [1.54, 1.807) is 54.1 Å². The number of carbonyl (C=O) groups is 1. The van der Waals surface area contributed by atoms with E-state index in [0.717, 1.165) is 69.2 Å². The smallest absolute Gasteiger partial charge is 0.416 e. The Morgan fingerprint density at radius 2 is 1.34 bits per heavy atom. The van der Waals surface area contributed by atoms with Crippen molar-refractivity contribution in [2.75, 3.05) is 58.7 Å². The van der Waals surface area contributed by atoms with Crippen LogP contribution in [0.2, 0.25) is 0 Å². The number of ketones is 1. The standard InChI is InChI=1S/C23H21F3N6O.C17H14F3N3O2.C8H16N4.ClH/c24-23(25,26)16-3-1-2-15(12-16)19-20(32-10-11-33-22(32)30-19)17-4-7-27-21(28-17)29-18-13-31-8-5-14(18)6-9-31;1-22(2)7-6-13(24)15-14(21-16-23(15)8-9-25-16)11-4-3-5-12(10-11)17(18,19)20;9-8(10)11-7-5-12-3-1-6(7)2-4-12;/h1-4,7,10-12,14,18H,5-6,8-9,13H2,(H,27,28,29);3-10H,1-2H3;6-7H,1-5H2,(H4,9,10,11);1H/t;;7-;/m..0./s1. The first-order valence-corrected chi connectivity index (χ1v) is 22.8. The number of fused-ring (bicyclic) bond motifs is 8. The number of anilines is 1. The van der Waals surface area contributed by atoms with E-state index in [0.29, 0.717) is 46.5 Å². The number of carbonyl (C=O) groups excluding carboxylic acids is 1. The lowest BCUT2D eigenvalue weighted by Crippen LogP contribution is -3.00. The maximum atomic E-state index is 13.3. The van der Waals surface area contributed by atoms with Crippen molar-refractivity contribution in [2.45, 2.75) is 50.1 Å². The minimum atomic E-state index is -4.48. The summed E-state index contributed by atoms with van der Waals surface area (Å²) in [5, 5.41) is 3.48. The van der Waals surface area contributed by atoms with E-state index in [1.165, 1.54) is 73.3 Å². The molecule has 4 bridgehead atoms. The van der Waals surface area contributed by atoms with Crippen LogP contribution in [0.3, 0.4) is 0 Å². The van der Waals surface area contributed by atoms with Crippen LogP contribution in [0.25, 0.3) is 45.6 Å². The molecular formula is C48H52ClF6N13O3. The number of guanidine groups is 1. The fraction of sp³-hybridized carbons (Fsp3) is 0.375. The van der Waals surface area contributed by atoms with Crippen LogP contribution >= 0.6 is 0 Å². The summed E-state index contributed by atoms with van der Waals surface area (Å²) in [5.74, 6) is 2.27. The predicted molar refractivity (Wildman–Crippen MR) is 248 cm³/mol. The van der Waals surface area contributed by atoms with Gasteiger partial charge in [0.2, 0.25) is 11.7 Å². The van der Waals surface area contributed by atoms with Crippen LogP contribution in [-0.4, -0.2) is 121 Å². The van der Waals surface area contributed by atoms with Crippen molar-refractivity contribution in [3.05, 3.63) is 115 Å². The number of rotatable bonds is 9. The number of hydrogen-bond donors (Lipinski definition) is 4. The highest BCUT2D eigenvalue weighted by Crippen LogP contribution is 2.38. The van der Waals surface area contributed by atoms with Gasteiger partial charge in [0.05, 0.1) is 22.9 Å². The molecule has 0 aliphatic carbocycles. The van der Waals surface area contributed by atoms with E-state index in [-0.39, 0.29) is 47.1 Å². The minimum absolute atomic E-state index is 0. The number of nitrogens with one attached hydrogen (secondary N) is 2. The summed E-state index contributed by atoms with van der Waals surface area (Å²) in [6.45, 7) is 6.87. The van der Waals surface area contributed by atoms with E-state index in [1.807, 2.05) is 0 Å². The molecule has 23 heteroatoms. The van der Waals surface area contributed by atoms with Crippen molar-refractivity contribution in [3.63, 3.8) is 0 Å². The van der Waals surface area contributed by atoms with Crippen LogP contribution in [0, 0.1) is 11.8 Å². The topological polar surface area (TPSA) is 191 Å². The lowest BCUT2D eigenvalue weighted by molar-refractivity contribution is -0.524. The number of halogens is 7. The number of nitrogens with two attached hydrogens (primary N) is 2. The second-order valence-corrected chi connectivity index (χ2v) is 18.0. The number of hydrogen-bond acceptors (Lipinski definition) is 11. The van der Waals surface area contributed by atoms with Gasteiger partial charge in [-0.05, 0) is 94.0 Å². The van der Waals surface area contributed by atoms with Crippen LogP contribution in [-0.2, 0) is 12.4 Å². The summed E-state index contributed by atoms with van der Waals surface area (Å²) in [5.41, 5.74) is 11.6. The van der Waals surface area contributed by atoms with Crippen LogP contribution in [0.15, 0.2) is 107 Å². The SMILES string of the molecule is CN(C)C=CC(=O)c1c(-c2cccc(C(F)(F)F)c2)nc2occn12.FC(F)(F)c1cccc(-c2nc3occn3c2-c2ccnc(NC3CN4CCC3CC4)n2)c1.NC(N)=[NH+][C@H]1CN2CCC1CC2.[Cl-]. The summed E-state index contributed by atoms with van der Waals surface area (Å²) in [7, 11) is 3.50. The molecule has 0 radical (unpaired) electrons. The molecule has 0 saturated carbocycles. The Morgan fingerprint density at radius 1 is 0.775 bits per heavy atom. The lowest BCUT2D eigenvalue weighted by atomic mass is 9.84. The Labute approximate surface area is 409 Å². The maximum absolute atomic E-state index is 13.3. The number of piperidine rings is 6. The highest BCUT2D eigenvalue weighted by atomic mass is 35.5. The molecule has 5 aromatic heterocycles. The van der Waals surface area contributed by atoms with E-state index < -0.39 is 29.3 Å². The van der Waals surface area contributed by atoms with Gasteiger partial charge in [0.1, 0.15) is 35.3 Å². The number of alkyl halides is 6. The quantitative estimate of drug-likeness (QED) is 0.0544. The van der Waals surface area contributed by atoms with Crippen LogP contribution in [0.1, 0.15) is 47.3 Å². The van der Waals surface area contributed by atoms with E-state index in [9.17, 15) is 31.1 Å². The van der Waals surface area contributed by atoms with Gasteiger partial charge in [-0.1, -0.05) is 24.3 Å². The summed E-state index contributed by atoms with van der Waals surface area (Å²) in [6, 6.07) is 12.3. The molecule has 6 N–H and O–H groups in total. The van der Waals surface area contributed by atoms with Crippen LogP contribution in [0.4, 0.5) is 32.3 Å². The number of oxazole rings is 2. The van der Waals surface area contributed by atoms with Crippen molar-refractivity contribution in [2.24, 2.45) is 23.3 Å². The highest BCUT2D eigenvalue weighted by Gasteiger charge is 2.37. The van der Waals surface area contributed by atoms with Gasteiger partial charge >= 0.3 is 30.0 Å². The molecule has 1 unspecified atom stereocenters. The second kappa shape index (κ2) is 20.8. The summed E-state index contributed by atoms with van der Waals surface area (Å²) >= 11 is 0.